The average Bonchev–Trinajstić information content (AvgIpc) is 2.86. The first kappa shape index (κ1) is 18.2. The second-order valence-electron chi connectivity index (χ2n) is 4.24. The number of hydrogen-bond donors (Lipinski definition) is 2. The molecule has 0 saturated carbocycles. The molecule has 0 amide bonds. The highest BCUT2D eigenvalue weighted by Crippen LogP contribution is 2.14. The molecular weight excluding hydrogens is 419 g/mol. The van der Waals surface area contributed by atoms with Crippen LogP contribution < -0.4 is 10.6 Å². The minimum atomic E-state index is 0. The quantitative estimate of drug-likeness (QED) is 0.437. The van der Waals surface area contributed by atoms with Crippen LogP contribution in [-0.4, -0.2) is 18.0 Å². The Bertz CT molecular complexity index is 600. The van der Waals surface area contributed by atoms with Gasteiger partial charge in [-0.15, -0.1) is 35.3 Å². The van der Waals surface area contributed by atoms with Gasteiger partial charge in [0.25, 0.3) is 0 Å². The van der Waals surface area contributed by atoms with Gasteiger partial charge in [0.1, 0.15) is 5.01 Å². The Hall–Kier alpha value is -0.860. The van der Waals surface area contributed by atoms with Gasteiger partial charge in [-0.3, -0.25) is 4.99 Å². The summed E-state index contributed by atoms with van der Waals surface area (Å²) in [5.74, 6) is 0.734. The summed E-state index contributed by atoms with van der Waals surface area (Å²) >= 11 is 7.80. The van der Waals surface area contributed by atoms with Gasteiger partial charge >= 0.3 is 0 Å². The maximum absolute atomic E-state index is 6.12. The Balaban J connectivity index is 0.00000220. The number of halogens is 2. The van der Waals surface area contributed by atoms with Crippen LogP contribution in [0.5, 0.6) is 0 Å². The van der Waals surface area contributed by atoms with Crippen molar-refractivity contribution in [3.63, 3.8) is 0 Å². The lowest BCUT2D eigenvalue weighted by Gasteiger charge is -2.11. The summed E-state index contributed by atoms with van der Waals surface area (Å²) in [6.45, 7) is 3.35. The number of aliphatic imine (C=N–C) groups is 1. The van der Waals surface area contributed by atoms with Crippen LogP contribution in [0.3, 0.4) is 0 Å². The van der Waals surface area contributed by atoms with E-state index in [0.29, 0.717) is 13.1 Å². The number of nitrogens with zero attached hydrogens (tertiary/aromatic N) is 2. The van der Waals surface area contributed by atoms with Crippen molar-refractivity contribution in [2.75, 3.05) is 7.05 Å². The van der Waals surface area contributed by atoms with Crippen molar-refractivity contribution in [2.45, 2.75) is 20.0 Å². The number of nitrogens with one attached hydrogen (secondary N) is 2. The Kier molecular flexibility index (Phi) is 7.98. The number of rotatable bonds is 4. The number of benzene rings is 1. The predicted molar refractivity (Wildman–Crippen MR) is 101 cm³/mol. The molecule has 2 rings (SSSR count). The fourth-order valence-electron chi connectivity index (χ4n) is 1.68. The van der Waals surface area contributed by atoms with Gasteiger partial charge in [-0.25, -0.2) is 4.98 Å². The van der Waals surface area contributed by atoms with Gasteiger partial charge in [0.05, 0.1) is 6.54 Å². The van der Waals surface area contributed by atoms with Crippen LogP contribution in [0.2, 0.25) is 5.02 Å². The van der Waals surface area contributed by atoms with E-state index in [1.165, 1.54) is 4.88 Å². The Labute approximate surface area is 151 Å². The minimum absolute atomic E-state index is 0. The van der Waals surface area contributed by atoms with Crippen molar-refractivity contribution in [1.82, 2.24) is 15.6 Å². The van der Waals surface area contributed by atoms with Crippen LogP contribution in [0.1, 0.15) is 15.4 Å². The first-order chi connectivity index (χ1) is 9.69. The summed E-state index contributed by atoms with van der Waals surface area (Å²) in [5, 5.41) is 8.27. The predicted octanol–water partition coefficient (Wildman–Crippen LogP) is 3.59. The smallest absolute Gasteiger partial charge is 0.191 e. The SMILES string of the molecule is CN=C(NCc1ncc(C)s1)NCc1ccccc1Cl.I. The maximum atomic E-state index is 6.12. The van der Waals surface area contributed by atoms with Gasteiger partial charge in [-0.05, 0) is 18.6 Å². The molecule has 0 aliphatic heterocycles. The molecule has 1 heterocycles. The lowest BCUT2D eigenvalue weighted by Crippen LogP contribution is -2.36. The molecule has 0 aliphatic rings. The number of thiazole rings is 1. The number of aryl methyl sites for hydroxylation is 1. The second kappa shape index (κ2) is 9.22. The molecule has 0 fully saturated rings. The van der Waals surface area contributed by atoms with Gasteiger partial charge < -0.3 is 10.6 Å². The highest BCUT2D eigenvalue weighted by molar-refractivity contribution is 14.0. The molecule has 7 heteroatoms. The third-order valence-corrected chi connectivity index (χ3v) is 3.99. The molecule has 1 aromatic heterocycles. The van der Waals surface area contributed by atoms with Crippen molar-refractivity contribution in [3.05, 3.63) is 50.9 Å². The Morgan fingerprint density at radius 3 is 2.62 bits per heavy atom. The zero-order chi connectivity index (χ0) is 14.4. The third kappa shape index (κ3) is 5.80. The summed E-state index contributed by atoms with van der Waals surface area (Å²) in [7, 11) is 1.75. The fourth-order valence-corrected chi connectivity index (χ4v) is 2.61. The molecule has 0 saturated heterocycles. The molecule has 0 bridgehead atoms. The molecule has 0 aliphatic carbocycles. The monoisotopic (exact) mass is 436 g/mol. The molecule has 1 aromatic carbocycles. The van der Waals surface area contributed by atoms with E-state index in [9.17, 15) is 0 Å². The molecule has 114 valence electrons. The summed E-state index contributed by atoms with van der Waals surface area (Å²) in [5.41, 5.74) is 1.04. The number of guanidine groups is 1. The van der Waals surface area contributed by atoms with Crippen LogP contribution in [0.25, 0.3) is 0 Å². The Morgan fingerprint density at radius 1 is 1.29 bits per heavy atom. The van der Waals surface area contributed by atoms with Gasteiger partial charge in [0, 0.05) is 29.7 Å². The van der Waals surface area contributed by atoms with E-state index in [2.05, 4.69) is 20.6 Å². The second-order valence-corrected chi connectivity index (χ2v) is 5.96. The van der Waals surface area contributed by atoms with Crippen LogP contribution in [0.4, 0.5) is 0 Å². The van der Waals surface area contributed by atoms with E-state index < -0.39 is 0 Å². The van der Waals surface area contributed by atoms with Crippen molar-refractivity contribution in [1.29, 1.82) is 0 Å². The summed E-state index contributed by atoms with van der Waals surface area (Å²) < 4.78 is 0. The van der Waals surface area contributed by atoms with Gasteiger partial charge in [-0.2, -0.15) is 0 Å². The normalized spacial score (nSPS) is 10.9. The summed E-state index contributed by atoms with van der Waals surface area (Å²) in [6, 6.07) is 7.76. The highest BCUT2D eigenvalue weighted by atomic mass is 127. The first-order valence-corrected chi connectivity index (χ1v) is 7.47. The standard InChI is InChI=1S/C14H17ClN4S.HI/c1-10-7-17-13(20-10)9-19-14(16-2)18-8-11-5-3-4-6-12(11)15;/h3-7H,8-9H2,1-2H3,(H2,16,18,19);1H. The summed E-state index contributed by atoms with van der Waals surface area (Å²) in [4.78, 5) is 9.70. The van der Waals surface area contributed by atoms with Crippen molar-refractivity contribution in [2.24, 2.45) is 4.99 Å². The molecule has 0 unspecified atom stereocenters. The minimum Gasteiger partial charge on any atom is -0.352 e. The molecular formula is C14H18ClIN4S. The van der Waals surface area contributed by atoms with Crippen molar-refractivity contribution < 1.29 is 0 Å². The molecule has 2 N–H and O–H groups in total. The maximum Gasteiger partial charge on any atom is 0.191 e. The van der Waals surface area contributed by atoms with Crippen LogP contribution >= 0.6 is 46.9 Å². The van der Waals surface area contributed by atoms with Gasteiger partial charge in [0.2, 0.25) is 0 Å². The molecule has 0 spiro atoms. The van der Waals surface area contributed by atoms with Crippen molar-refractivity contribution >= 4 is 52.9 Å². The van der Waals surface area contributed by atoms with Gasteiger partial charge in [-0.1, -0.05) is 29.8 Å². The van der Waals surface area contributed by atoms with E-state index in [1.807, 2.05) is 37.4 Å². The zero-order valence-electron chi connectivity index (χ0n) is 11.9. The van der Waals surface area contributed by atoms with Crippen LogP contribution in [0.15, 0.2) is 35.5 Å². The van der Waals surface area contributed by atoms with E-state index in [0.717, 1.165) is 21.6 Å². The molecule has 4 nitrogen and oxygen atoms in total. The van der Waals surface area contributed by atoms with E-state index >= 15 is 0 Å². The lowest BCUT2D eigenvalue weighted by atomic mass is 10.2. The van der Waals surface area contributed by atoms with E-state index in [1.54, 1.807) is 18.4 Å². The largest absolute Gasteiger partial charge is 0.352 e. The average molecular weight is 437 g/mol. The fraction of sp³-hybridized carbons (Fsp3) is 0.286. The molecule has 21 heavy (non-hydrogen) atoms. The molecule has 2 aromatic rings. The topological polar surface area (TPSA) is 49.3 Å². The zero-order valence-corrected chi connectivity index (χ0v) is 15.8. The highest BCUT2D eigenvalue weighted by Gasteiger charge is 2.03. The molecule has 0 atom stereocenters. The van der Waals surface area contributed by atoms with Crippen LogP contribution in [0, 0.1) is 6.92 Å². The summed E-state index contributed by atoms with van der Waals surface area (Å²) in [6.07, 6.45) is 1.88. The Morgan fingerprint density at radius 2 is 2.00 bits per heavy atom. The van der Waals surface area contributed by atoms with Crippen molar-refractivity contribution in [3.8, 4) is 0 Å². The van der Waals surface area contributed by atoms with E-state index in [-0.39, 0.29) is 24.0 Å². The number of aromatic nitrogens is 1. The lowest BCUT2D eigenvalue weighted by molar-refractivity contribution is 0.805. The molecule has 0 radical (unpaired) electrons. The first-order valence-electron chi connectivity index (χ1n) is 6.28. The third-order valence-electron chi connectivity index (χ3n) is 2.70. The van der Waals surface area contributed by atoms with E-state index in [4.69, 9.17) is 11.6 Å². The number of hydrogen-bond acceptors (Lipinski definition) is 3. The van der Waals surface area contributed by atoms with Crippen LogP contribution in [-0.2, 0) is 13.1 Å². The van der Waals surface area contributed by atoms with Gasteiger partial charge in [0.15, 0.2) is 5.96 Å².